The van der Waals surface area contributed by atoms with Gasteiger partial charge >= 0.3 is 5.97 Å². The topological polar surface area (TPSA) is 59.1 Å². The highest BCUT2D eigenvalue weighted by atomic mass is 16.7. The van der Waals surface area contributed by atoms with Crippen molar-refractivity contribution in [2.75, 3.05) is 34.4 Å². The van der Waals surface area contributed by atoms with E-state index >= 15 is 0 Å². The Morgan fingerprint density at radius 2 is 1.89 bits per heavy atom. The van der Waals surface area contributed by atoms with Gasteiger partial charge in [-0.15, -0.1) is 6.42 Å². The Balaban J connectivity index is 2.29. The number of methoxy groups -OCH3 is 1. The molecular formula is C21H28N2O4. The number of rotatable bonds is 5. The third-order valence-corrected chi connectivity index (χ3v) is 5.49. The van der Waals surface area contributed by atoms with Crippen LogP contribution >= 0.6 is 0 Å². The van der Waals surface area contributed by atoms with Gasteiger partial charge in [0.05, 0.1) is 20.6 Å². The summed E-state index contributed by atoms with van der Waals surface area (Å²) in [5.41, 5.74) is 2.59. The minimum Gasteiger partial charge on any atom is -0.467 e. The Kier molecular flexibility index (Phi) is 6.63. The molecule has 0 spiro atoms. The van der Waals surface area contributed by atoms with Crippen molar-refractivity contribution in [3.05, 3.63) is 34.4 Å². The molecule has 1 aliphatic heterocycles. The van der Waals surface area contributed by atoms with E-state index in [9.17, 15) is 9.59 Å². The van der Waals surface area contributed by atoms with Gasteiger partial charge < -0.3 is 14.5 Å². The number of benzene rings is 1. The molecule has 6 heteroatoms. The Bertz CT molecular complexity index is 758. The summed E-state index contributed by atoms with van der Waals surface area (Å²) in [5.74, 6) is 2.12. The lowest BCUT2D eigenvalue weighted by Gasteiger charge is -2.44. The maximum atomic E-state index is 13.1. The third kappa shape index (κ3) is 4.15. The SMILES string of the molecule is C#Cc1cc(C)cc(C)c1CC(=O)N(C)C1(C(=O)OC)CCN(OC)CC1. The van der Waals surface area contributed by atoms with Crippen molar-refractivity contribution in [2.45, 2.75) is 38.6 Å². The lowest BCUT2D eigenvalue weighted by molar-refractivity contribution is -0.183. The molecule has 0 bridgehead atoms. The number of amides is 1. The summed E-state index contributed by atoms with van der Waals surface area (Å²) < 4.78 is 5.04. The van der Waals surface area contributed by atoms with Crippen LogP contribution in [0.25, 0.3) is 0 Å². The predicted octanol–water partition coefficient (Wildman–Crippen LogP) is 1.85. The van der Waals surface area contributed by atoms with Crippen molar-refractivity contribution in [1.29, 1.82) is 0 Å². The summed E-state index contributed by atoms with van der Waals surface area (Å²) in [6.07, 6.45) is 6.69. The number of terminal acetylenes is 1. The van der Waals surface area contributed by atoms with E-state index in [1.165, 1.54) is 12.0 Å². The second-order valence-electron chi connectivity index (χ2n) is 7.02. The number of hydroxylamine groups is 2. The molecule has 2 rings (SSSR count). The van der Waals surface area contributed by atoms with E-state index in [0.29, 0.717) is 25.9 Å². The molecule has 146 valence electrons. The lowest BCUT2D eigenvalue weighted by Crippen LogP contribution is -2.61. The molecule has 0 unspecified atom stereocenters. The number of carbonyl (C=O) groups is 2. The molecule has 0 aromatic heterocycles. The quantitative estimate of drug-likeness (QED) is 0.583. The zero-order valence-corrected chi connectivity index (χ0v) is 16.8. The third-order valence-electron chi connectivity index (χ3n) is 5.49. The van der Waals surface area contributed by atoms with Gasteiger partial charge in [0.15, 0.2) is 0 Å². The number of aryl methyl sites for hydroxylation is 2. The fraction of sp³-hybridized carbons (Fsp3) is 0.524. The molecule has 27 heavy (non-hydrogen) atoms. The van der Waals surface area contributed by atoms with Crippen molar-refractivity contribution in [3.63, 3.8) is 0 Å². The van der Waals surface area contributed by atoms with Gasteiger partial charge in [-0.3, -0.25) is 4.79 Å². The Labute approximate surface area is 161 Å². The highest BCUT2D eigenvalue weighted by Crippen LogP contribution is 2.31. The first-order valence-corrected chi connectivity index (χ1v) is 9.00. The standard InChI is InChI=1S/C21H28N2O4/c1-7-17-13-15(2)12-16(3)18(17)14-19(24)22(4)21(20(25)26-5)8-10-23(27-6)11-9-21/h1,12-13H,8-11,14H2,2-6H3. The molecule has 0 aliphatic carbocycles. The monoisotopic (exact) mass is 372 g/mol. The molecule has 1 saturated heterocycles. The highest BCUT2D eigenvalue weighted by Gasteiger charge is 2.48. The number of carbonyl (C=O) groups excluding carboxylic acids is 2. The van der Waals surface area contributed by atoms with Crippen LogP contribution in [-0.2, 0) is 25.6 Å². The molecule has 1 aliphatic rings. The molecule has 1 aromatic carbocycles. The minimum atomic E-state index is -0.990. The summed E-state index contributed by atoms with van der Waals surface area (Å²) in [4.78, 5) is 32.5. The van der Waals surface area contributed by atoms with Gasteiger partial charge in [0.25, 0.3) is 0 Å². The molecule has 1 aromatic rings. The molecular weight excluding hydrogens is 344 g/mol. The fourth-order valence-corrected chi connectivity index (χ4v) is 3.77. The molecule has 6 nitrogen and oxygen atoms in total. The van der Waals surface area contributed by atoms with Gasteiger partial charge in [-0.2, -0.15) is 5.06 Å². The van der Waals surface area contributed by atoms with Crippen LogP contribution in [0, 0.1) is 26.2 Å². The first-order chi connectivity index (χ1) is 12.8. The Morgan fingerprint density at radius 1 is 1.26 bits per heavy atom. The van der Waals surface area contributed by atoms with E-state index in [1.54, 1.807) is 19.2 Å². The van der Waals surface area contributed by atoms with E-state index in [0.717, 1.165) is 22.3 Å². The van der Waals surface area contributed by atoms with Crippen LogP contribution in [0.5, 0.6) is 0 Å². The van der Waals surface area contributed by atoms with Gasteiger partial charge in [-0.25, -0.2) is 4.79 Å². The summed E-state index contributed by atoms with van der Waals surface area (Å²) in [6.45, 7) is 5.01. The van der Waals surface area contributed by atoms with Crippen LogP contribution in [-0.4, -0.2) is 61.7 Å². The summed E-state index contributed by atoms with van der Waals surface area (Å²) in [5, 5.41) is 1.78. The summed E-state index contributed by atoms with van der Waals surface area (Å²) in [7, 11) is 4.62. The van der Waals surface area contributed by atoms with Gasteiger partial charge in [-0.1, -0.05) is 12.0 Å². The van der Waals surface area contributed by atoms with Crippen molar-refractivity contribution >= 4 is 11.9 Å². The molecule has 0 atom stereocenters. The number of piperidine rings is 1. The van der Waals surface area contributed by atoms with Gasteiger partial charge in [0, 0.05) is 25.7 Å². The van der Waals surface area contributed by atoms with Gasteiger partial charge in [0.1, 0.15) is 5.54 Å². The highest BCUT2D eigenvalue weighted by molar-refractivity contribution is 5.89. The second-order valence-corrected chi connectivity index (χ2v) is 7.02. The maximum absolute atomic E-state index is 13.1. The van der Waals surface area contributed by atoms with Crippen LogP contribution in [0.3, 0.4) is 0 Å². The zero-order chi connectivity index (χ0) is 20.2. The smallest absolute Gasteiger partial charge is 0.331 e. The first-order valence-electron chi connectivity index (χ1n) is 9.00. The largest absolute Gasteiger partial charge is 0.467 e. The lowest BCUT2D eigenvalue weighted by atomic mass is 9.85. The summed E-state index contributed by atoms with van der Waals surface area (Å²) >= 11 is 0. The summed E-state index contributed by atoms with van der Waals surface area (Å²) in [6, 6.07) is 3.92. The fourth-order valence-electron chi connectivity index (χ4n) is 3.77. The number of esters is 1. The molecule has 1 fully saturated rings. The van der Waals surface area contributed by atoms with E-state index in [-0.39, 0.29) is 12.3 Å². The normalized spacial score (nSPS) is 16.4. The number of likely N-dealkylation sites (N-methyl/N-ethyl adjacent to an activating group) is 1. The van der Waals surface area contributed by atoms with Crippen LogP contribution in [0.2, 0.25) is 0 Å². The number of hydrogen-bond donors (Lipinski definition) is 0. The molecule has 0 N–H and O–H groups in total. The van der Waals surface area contributed by atoms with Crippen molar-refractivity contribution in [2.24, 2.45) is 0 Å². The zero-order valence-electron chi connectivity index (χ0n) is 16.8. The van der Waals surface area contributed by atoms with Crippen LogP contribution in [0.15, 0.2) is 12.1 Å². The molecule has 1 amide bonds. The van der Waals surface area contributed by atoms with Gasteiger partial charge in [0.2, 0.25) is 5.91 Å². The van der Waals surface area contributed by atoms with Crippen LogP contribution in [0.1, 0.15) is 35.1 Å². The Hall–Kier alpha value is -2.36. The van der Waals surface area contributed by atoms with E-state index in [1.807, 2.05) is 26.0 Å². The number of ether oxygens (including phenoxy) is 1. The van der Waals surface area contributed by atoms with E-state index in [2.05, 4.69) is 5.92 Å². The van der Waals surface area contributed by atoms with Crippen LogP contribution in [0.4, 0.5) is 0 Å². The molecule has 0 radical (unpaired) electrons. The van der Waals surface area contributed by atoms with Gasteiger partial charge in [-0.05, 0) is 49.4 Å². The number of hydrogen-bond acceptors (Lipinski definition) is 5. The predicted molar refractivity (Wildman–Crippen MR) is 103 cm³/mol. The first kappa shape index (κ1) is 20.9. The van der Waals surface area contributed by atoms with E-state index < -0.39 is 11.5 Å². The molecule has 1 heterocycles. The van der Waals surface area contributed by atoms with Crippen molar-refractivity contribution in [3.8, 4) is 12.3 Å². The number of nitrogens with zero attached hydrogens (tertiary/aromatic N) is 2. The minimum absolute atomic E-state index is 0.148. The van der Waals surface area contributed by atoms with Crippen molar-refractivity contribution in [1.82, 2.24) is 9.96 Å². The Morgan fingerprint density at radius 3 is 2.41 bits per heavy atom. The average molecular weight is 372 g/mol. The average Bonchev–Trinajstić information content (AvgIpc) is 2.68. The second kappa shape index (κ2) is 8.55. The van der Waals surface area contributed by atoms with Crippen molar-refractivity contribution < 1.29 is 19.2 Å². The van der Waals surface area contributed by atoms with Crippen LogP contribution < -0.4 is 0 Å². The van der Waals surface area contributed by atoms with E-state index in [4.69, 9.17) is 16.0 Å². The maximum Gasteiger partial charge on any atom is 0.331 e. The molecule has 0 saturated carbocycles.